The summed E-state index contributed by atoms with van der Waals surface area (Å²) >= 11 is 1.54. The number of carbonyl (C=O) groups is 2. The van der Waals surface area contributed by atoms with Crippen LogP contribution in [0.15, 0.2) is 12.1 Å². The Bertz CT molecular complexity index is 416. The molecule has 0 spiro atoms. The zero-order chi connectivity index (χ0) is 13.5. The van der Waals surface area contributed by atoms with Gasteiger partial charge in [-0.05, 0) is 19.1 Å². The standard InChI is InChI=1S/C12H17NO4S/c1-8-3-4-9(18-8)7-11(14)13-10(12(15)16)5-6-17-2/h3-4,10H,5-7H2,1-2H3,(H,13,14)(H,15,16). The molecule has 1 aromatic heterocycles. The first kappa shape index (κ1) is 14.7. The zero-order valence-electron chi connectivity index (χ0n) is 10.4. The number of hydrogen-bond acceptors (Lipinski definition) is 4. The van der Waals surface area contributed by atoms with Crippen LogP contribution in [0, 0.1) is 6.92 Å². The van der Waals surface area contributed by atoms with E-state index < -0.39 is 12.0 Å². The molecule has 0 fully saturated rings. The molecule has 6 heteroatoms. The average molecular weight is 271 g/mol. The Morgan fingerprint density at radius 1 is 1.50 bits per heavy atom. The van der Waals surface area contributed by atoms with Crippen LogP contribution in [0.2, 0.25) is 0 Å². The molecule has 5 nitrogen and oxygen atoms in total. The van der Waals surface area contributed by atoms with E-state index in [1.807, 2.05) is 19.1 Å². The molecule has 0 bridgehead atoms. The molecule has 1 rings (SSSR count). The van der Waals surface area contributed by atoms with E-state index in [4.69, 9.17) is 9.84 Å². The van der Waals surface area contributed by atoms with Crippen LogP contribution >= 0.6 is 11.3 Å². The fourth-order valence-electron chi connectivity index (χ4n) is 1.48. The number of hydrogen-bond donors (Lipinski definition) is 2. The number of thiophene rings is 1. The van der Waals surface area contributed by atoms with Crippen molar-refractivity contribution >= 4 is 23.2 Å². The van der Waals surface area contributed by atoms with E-state index in [0.717, 1.165) is 9.75 Å². The molecule has 1 atom stereocenters. The second-order valence-electron chi connectivity index (χ2n) is 3.93. The van der Waals surface area contributed by atoms with Crippen molar-refractivity contribution in [1.82, 2.24) is 5.32 Å². The molecule has 18 heavy (non-hydrogen) atoms. The lowest BCUT2D eigenvalue weighted by Crippen LogP contribution is -2.42. The van der Waals surface area contributed by atoms with Gasteiger partial charge in [-0.3, -0.25) is 4.79 Å². The van der Waals surface area contributed by atoms with Crippen LogP contribution in [0.5, 0.6) is 0 Å². The predicted octanol–water partition coefficient (Wildman–Crippen LogP) is 1.20. The Morgan fingerprint density at radius 2 is 2.22 bits per heavy atom. The summed E-state index contributed by atoms with van der Waals surface area (Å²) in [7, 11) is 1.50. The first-order chi connectivity index (χ1) is 8.52. The SMILES string of the molecule is COCCC(NC(=O)Cc1ccc(C)s1)C(=O)O. The predicted molar refractivity (Wildman–Crippen MR) is 68.8 cm³/mol. The van der Waals surface area contributed by atoms with E-state index in [1.54, 1.807) is 0 Å². The first-order valence-electron chi connectivity index (χ1n) is 5.59. The number of ether oxygens (including phenoxy) is 1. The monoisotopic (exact) mass is 271 g/mol. The second-order valence-corrected chi connectivity index (χ2v) is 5.30. The van der Waals surface area contributed by atoms with Gasteiger partial charge in [0.25, 0.3) is 0 Å². The minimum Gasteiger partial charge on any atom is -0.480 e. The molecule has 2 N–H and O–H groups in total. The number of aryl methyl sites for hydroxylation is 1. The fourth-order valence-corrected chi connectivity index (χ4v) is 2.37. The van der Waals surface area contributed by atoms with Crippen molar-refractivity contribution in [3.8, 4) is 0 Å². The van der Waals surface area contributed by atoms with E-state index in [1.165, 1.54) is 18.4 Å². The minimum atomic E-state index is -1.04. The number of amides is 1. The number of carboxylic acid groups (broad SMARTS) is 1. The lowest BCUT2D eigenvalue weighted by Gasteiger charge is -2.13. The Hall–Kier alpha value is -1.40. The van der Waals surface area contributed by atoms with Gasteiger partial charge in [-0.1, -0.05) is 0 Å². The Balaban J connectivity index is 2.48. The molecule has 0 aliphatic heterocycles. The molecule has 0 aromatic carbocycles. The number of aliphatic carboxylic acids is 1. The summed E-state index contributed by atoms with van der Waals surface area (Å²) in [5.41, 5.74) is 0. The molecular formula is C12H17NO4S. The molecule has 1 unspecified atom stereocenters. The number of methoxy groups -OCH3 is 1. The van der Waals surface area contributed by atoms with Crippen molar-refractivity contribution in [3.63, 3.8) is 0 Å². The summed E-state index contributed by atoms with van der Waals surface area (Å²) in [6.07, 6.45) is 0.482. The van der Waals surface area contributed by atoms with Gasteiger partial charge in [0.1, 0.15) is 6.04 Å². The highest BCUT2D eigenvalue weighted by Crippen LogP contribution is 2.15. The van der Waals surface area contributed by atoms with Crippen molar-refractivity contribution in [1.29, 1.82) is 0 Å². The normalized spacial score (nSPS) is 12.1. The van der Waals surface area contributed by atoms with E-state index in [2.05, 4.69) is 5.32 Å². The summed E-state index contributed by atoms with van der Waals surface area (Å²) in [5.74, 6) is -1.32. The van der Waals surface area contributed by atoms with Crippen LogP contribution in [0.1, 0.15) is 16.2 Å². The zero-order valence-corrected chi connectivity index (χ0v) is 11.3. The van der Waals surface area contributed by atoms with Crippen LogP contribution in [-0.4, -0.2) is 36.7 Å². The van der Waals surface area contributed by atoms with Gasteiger partial charge < -0.3 is 15.2 Å². The van der Waals surface area contributed by atoms with Crippen molar-refractivity contribution in [3.05, 3.63) is 21.9 Å². The van der Waals surface area contributed by atoms with Crippen molar-refractivity contribution in [2.45, 2.75) is 25.8 Å². The van der Waals surface area contributed by atoms with Crippen LogP contribution in [0.25, 0.3) is 0 Å². The largest absolute Gasteiger partial charge is 0.480 e. The summed E-state index contributed by atoms with van der Waals surface area (Å²) in [5, 5.41) is 11.4. The maximum Gasteiger partial charge on any atom is 0.326 e. The molecule has 1 heterocycles. The van der Waals surface area contributed by atoms with Crippen LogP contribution in [0.4, 0.5) is 0 Å². The van der Waals surface area contributed by atoms with E-state index in [9.17, 15) is 9.59 Å². The number of carboxylic acids is 1. The molecule has 0 aliphatic rings. The Kier molecular flexibility index (Phi) is 5.80. The maximum absolute atomic E-state index is 11.7. The fraction of sp³-hybridized carbons (Fsp3) is 0.500. The van der Waals surface area contributed by atoms with E-state index >= 15 is 0 Å². The lowest BCUT2D eigenvalue weighted by molar-refractivity contribution is -0.142. The molecule has 1 aromatic rings. The highest BCUT2D eigenvalue weighted by atomic mass is 32.1. The topological polar surface area (TPSA) is 75.6 Å². The smallest absolute Gasteiger partial charge is 0.326 e. The van der Waals surface area contributed by atoms with Gasteiger partial charge in [-0.2, -0.15) is 0 Å². The highest BCUT2D eigenvalue weighted by molar-refractivity contribution is 7.12. The van der Waals surface area contributed by atoms with Gasteiger partial charge in [0.15, 0.2) is 0 Å². The highest BCUT2D eigenvalue weighted by Gasteiger charge is 2.19. The Morgan fingerprint density at radius 3 is 2.72 bits per heavy atom. The van der Waals surface area contributed by atoms with Crippen LogP contribution < -0.4 is 5.32 Å². The van der Waals surface area contributed by atoms with Gasteiger partial charge >= 0.3 is 5.97 Å². The third kappa shape index (κ3) is 4.85. The van der Waals surface area contributed by atoms with Crippen molar-refractivity contribution in [2.24, 2.45) is 0 Å². The number of carbonyl (C=O) groups excluding carboxylic acids is 1. The van der Waals surface area contributed by atoms with E-state index in [0.29, 0.717) is 6.61 Å². The van der Waals surface area contributed by atoms with Gasteiger partial charge in [0.2, 0.25) is 5.91 Å². The minimum absolute atomic E-state index is 0.218. The first-order valence-corrected chi connectivity index (χ1v) is 6.41. The van der Waals surface area contributed by atoms with Crippen molar-refractivity contribution in [2.75, 3.05) is 13.7 Å². The average Bonchev–Trinajstić information content (AvgIpc) is 2.69. The molecule has 0 saturated heterocycles. The van der Waals surface area contributed by atoms with Gasteiger partial charge in [-0.15, -0.1) is 11.3 Å². The molecule has 1 amide bonds. The Labute approximate surface area is 110 Å². The molecule has 0 aliphatic carbocycles. The molecule has 0 radical (unpaired) electrons. The molecule has 0 saturated carbocycles. The molecular weight excluding hydrogens is 254 g/mol. The van der Waals surface area contributed by atoms with Gasteiger partial charge in [0.05, 0.1) is 6.42 Å². The quantitative estimate of drug-likeness (QED) is 0.781. The van der Waals surface area contributed by atoms with Gasteiger partial charge in [0, 0.05) is 29.9 Å². The maximum atomic E-state index is 11.7. The van der Waals surface area contributed by atoms with E-state index in [-0.39, 0.29) is 18.7 Å². The summed E-state index contributed by atoms with van der Waals surface area (Å²) < 4.78 is 4.81. The summed E-state index contributed by atoms with van der Waals surface area (Å²) in [6.45, 7) is 2.26. The van der Waals surface area contributed by atoms with Crippen molar-refractivity contribution < 1.29 is 19.4 Å². The number of rotatable bonds is 7. The lowest BCUT2D eigenvalue weighted by atomic mass is 10.2. The van der Waals surface area contributed by atoms with Crippen LogP contribution in [0.3, 0.4) is 0 Å². The number of nitrogens with one attached hydrogen (secondary N) is 1. The third-order valence-corrected chi connectivity index (χ3v) is 3.38. The van der Waals surface area contributed by atoms with Crippen LogP contribution in [-0.2, 0) is 20.7 Å². The van der Waals surface area contributed by atoms with Gasteiger partial charge in [-0.25, -0.2) is 4.79 Å². The summed E-state index contributed by atoms with van der Waals surface area (Å²) in [6, 6.07) is 2.93. The second kappa shape index (κ2) is 7.13. The molecule has 100 valence electrons. The summed E-state index contributed by atoms with van der Waals surface area (Å²) in [4.78, 5) is 24.7. The third-order valence-electron chi connectivity index (χ3n) is 2.37.